The fourth-order valence-corrected chi connectivity index (χ4v) is 4.28. The quantitative estimate of drug-likeness (QED) is 0.148. The van der Waals surface area contributed by atoms with E-state index in [9.17, 15) is 76.7 Å². The zero-order valence-corrected chi connectivity index (χ0v) is 19.6. The molecule has 0 aromatic rings. The maximum atomic E-state index is 11.2. The first-order valence-corrected chi connectivity index (χ1v) is 16.8. The second kappa shape index (κ2) is 5.79. The molecule has 0 spiro atoms. The molecule has 0 unspecified atom stereocenters. The zero-order chi connectivity index (χ0) is 30.0. The van der Waals surface area contributed by atoms with E-state index >= 15 is 0 Å². The fourth-order valence-electron chi connectivity index (χ4n) is 1.04. The molecule has 0 N–H and O–H groups in total. The van der Waals surface area contributed by atoms with Crippen molar-refractivity contribution in [1.82, 2.24) is 0 Å². The third-order valence-electron chi connectivity index (χ3n) is 5.08. The Hall–Kier alpha value is -4.60. The SMILES string of the molecule is C=O.O=[CH][Co]([CH]=O)([CH]=O)([CH]=O)([CH]=O)([CH]=O)([CH]=O)[CH]=O.O=[CH][Co]([CH]=O)([CH]=O)([CH]=O)([CH]=O)([CH]=O)([CH]=O)[CH]=O. The van der Waals surface area contributed by atoms with Crippen LogP contribution in [0, 0.1) is 0 Å². The van der Waals surface area contributed by atoms with Gasteiger partial charge in [0.1, 0.15) is 6.79 Å². The second-order valence-corrected chi connectivity index (χ2v) is 30.8. The molecule has 206 valence electrons. The van der Waals surface area contributed by atoms with Gasteiger partial charge in [-0.05, 0) is 0 Å². The van der Waals surface area contributed by atoms with Gasteiger partial charge in [0.05, 0.1) is 0 Å². The zero-order valence-electron chi connectivity index (χ0n) is 17.6. The average Bonchev–Trinajstić information content (AvgIpc) is 3.03. The van der Waals surface area contributed by atoms with E-state index in [0.29, 0.717) is 0 Å². The molecule has 0 rings (SSSR count). The summed E-state index contributed by atoms with van der Waals surface area (Å²) >= 11 is 0. The van der Waals surface area contributed by atoms with Gasteiger partial charge in [0, 0.05) is 0 Å². The minimum atomic E-state index is -8.64. The predicted molar refractivity (Wildman–Crippen MR) is 115 cm³/mol. The van der Waals surface area contributed by atoms with Crippen LogP contribution in [0.3, 0.4) is 0 Å². The normalized spacial score (nSPS) is 18.8. The van der Waals surface area contributed by atoms with Gasteiger partial charge in [-0.25, -0.2) is 0 Å². The first-order valence-electron chi connectivity index (χ1n) is 7.14. The number of rotatable bonds is 16. The molecule has 0 atom stereocenters. The summed E-state index contributed by atoms with van der Waals surface area (Å²) in [4.78, 5) is 187. The molecule has 0 amide bonds. The van der Waals surface area contributed by atoms with E-state index in [1.165, 1.54) is 0 Å². The molecule has 0 saturated heterocycles. The molecular formula is C17H18Co2O17. The van der Waals surface area contributed by atoms with Crippen molar-refractivity contribution in [2.75, 3.05) is 0 Å². The predicted octanol–water partition coefficient (Wildman–Crippen LogP) is -4.58. The van der Waals surface area contributed by atoms with E-state index in [0.717, 1.165) is 0 Å². The number of hydrogen-bond acceptors (Lipinski definition) is 17. The van der Waals surface area contributed by atoms with E-state index in [2.05, 4.69) is 0 Å². The molecule has 0 heterocycles. The van der Waals surface area contributed by atoms with Crippen LogP contribution < -0.4 is 0 Å². The topological polar surface area (TPSA) is 290 Å². The van der Waals surface area contributed by atoms with Crippen LogP contribution in [0.2, 0.25) is 0 Å². The van der Waals surface area contributed by atoms with Crippen molar-refractivity contribution < 1.29 is 98.4 Å². The van der Waals surface area contributed by atoms with Crippen molar-refractivity contribution >= 4 is 90.3 Å². The molecular weight excluding hydrogens is 594 g/mol. The Balaban J connectivity index is -0.000000565. The van der Waals surface area contributed by atoms with Gasteiger partial charge in [-0.1, -0.05) is 0 Å². The van der Waals surface area contributed by atoms with Crippen molar-refractivity contribution in [2.45, 2.75) is 0 Å². The van der Waals surface area contributed by atoms with Crippen LogP contribution in [-0.2, 0) is 98.4 Å². The molecule has 19 heteroatoms. The molecule has 0 bridgehead atoms. The van der Waals surface area contributed by atoms with Gasteiger partial charge in [0.2, 0.25) is 0 Å². The summed E-state index contributed by atoms with van der Waals surface area (Å²) in [6.45, 7) is 2.00. The van der Waals surface area contributed by atoms with Crippen LogP contribution in [0.25, 0.3) is 0 Å². The van der Waals surface area contributed by atoms with Gasteiger partial charge in [0.25, 0.3) is 0 Å². The molecule has 0 aromatic heterocycles. The van der Waals surface area contributed by atoms with Crippen LogP contribution in [0.1, 0.15) is 0 Å². The molecule has 0 aromatic carbocycles. The van der Waals surface area contributed by atoms with Gasteiger partial charge in [-0.15, -0.1) is 0 Å². The van der Waals surface area contributed by atoms with Gasteiger partial charge in [-0.3, -0.25) is 0 Å². The molecule has 0 aliphatic carbocycles. The summed E-state index contributed by atoms with van der Waals surface area (Å²) < 4.78 is 0. The molecule has 0 saturated carbocycles. The van der Waals surface area contributed by atoms with Gasteiger partial charge in [-0.2, -0.15) is 0 Å². The Morgan fingerprint density at radius 3 is 0.278 bits per heavy atom. The van der Waals surface area contributed by atoms with Crippen LogP contribution >= 0.6 is 0 Å². The fraction of sp³-hybridized carbons (Fsp3) is 0. The molecule has 36 heavy (non-hydrogen) atoms. The standard InChI is InChI=1S/CH2O.16CHO.2Co/c17*1-2;;/h1H2;16*1H;;. The Kier molecular flexibility index (Phi) is 5.78. The summed E-state index contributed by atoms with van der Waals surface area (Å²) in [6.07, 6.45) is 0. The van der Waals surface area contributed by atoms with Crippen LogP contribution in [0.4, 0.5) is 0 Å². The van der Waals surface area contributed by atoms with Crippen molar-refractivity contribution in [1.29, 1.82) is 0 Å². The molecule has 17 nitrogen and oxygen atoms in total. The third kappa shape index (κ3) is 2.06. The monoisotopic (exact) mass is 612 g/mol. The molecule has 0 radical (unpaired) electrons. The van der Waals surface area contributed by atoms with Crippen molar-refractivity contribution in [3.05, 3.63) is 0 Å². The van der Waals surface area contributed by atoms with Gasteiger partial charge in [0.15, 0.2) is 0 Å². The maximum absolute atomic E-state index is 11.2. The van der Waals surface area contributed by atoms with Crippen molar-refractivity contribution in [3.63, 3.8) is 0 Å². The number of carbonyl (C=O) groups is 17. The van der Waals surface area contributed by atoms with E-state index < -0.39 is 100 Å². The van der Waals surface area contributed by atoms with Crippen molar-refractivity contribution in [2.24, 2.45) is 0 Å². The number of carbonyl (C=O) groups excluding carboxylic acids is 17. The first-order chi connectivity index (χ1) is 16.3. The van der Waals surface area contributed by atoms with Gasteiger partial charge < -0.3 is 4.79 Å². The number of hydrogen-bond donors (Lipinski definition) is 0. The minimum absolute atomic E-state index is 1.04. The van der Waals surface area contributed by atoms with E-state index in [1.54, 1.807) is 0 Å². The van der Waals surface area contributed by atoms with Crippen LogP contribution in [0.5, 0.6) is 0 Å². The van der Waals surface area contributed by atoms with E-state index in [1.807, 2.05) is 6.79 Å². The second-order valence-electron chi connectivity index (χ2n) is 7.48. The summed E-state index contributed by atoms with van der Waals surface area (Å²) in [7, 11) is -17.3. The Morgan fingerprint density at radius 1 is 0.222 bits per heavy atom. The van der Waals surface area contributed by atoms with Crippen molar-refractivity contribution in [3.8, 4) is 0 Å². The summed E-state index contributed by atoms with van der Waals surface area (Å²) in [6, 6.07) is 0. The molecule has 0 aliphatic heterocycles. The average molecular weight is 612 g/mol. The van der Waals surface area contributed by atoms with E-state index in [-0.39, 0.29) is 0 Å². The van der Waals surface area contributed by atoms with Crippen LogP contribution in [0.15, 0.2) is 0 Å². The Bertz CT molecular complexity index is 906. The van der Waals surface area contributed by atoms with Gasteiger partial charge >= 0.3 is 177 Å². The molecule has 0 fully saturated rings. The van der Waals surface area contributed by atoms with E-state index in [4.69, 9.17) is 4.79 Å². The molecule has 0 aliphatic rings. The Morgan fingerprint density at radius 2 is 0.278 bits per heavy atom. The third-order valence-corrected chi connectivity index (χ3v) is 20.9. The van der Waals surface area contributed by atoms with Crippen LogP contribution in [-0.4, -0.2) is 90.3 Å². The summed E-state index contributed by atoms with van der Waals surface area (Å²) in [5.41, 5.74) is 0. The summed E-state index contributed by atoms with van der Waals surface area (Å²) in [5.74, 6) is 0. The first kappa shape index (κ1) is 36.0. The summed E-state index contributed by atoms with van der Waals surface area (Å²) in [5, 5.41) is -16.6. The Labute approximate surface area is 188 Å².